The molecule has 0 unspecified atom stereocenters. The lowest BCUT2D eigenvalue weighted by molar-refractivity contribution is -0.136. The summed E-state index contributed by atoms with van der Waals surface area (Å²) in [6.45, 7) is 3.94. The Balaban J connectivity index is 2.01. The molecule has 0 radical (unpaired) electrons. The van der Waals surface area contributed by atoms with Crippen molar-refractivity contribution in [2.24, 2.45) is 0 Å². The van der Waals surface area contributed by atoms with Gasteiger partial charge in [-0.2, -0.15) is 0 Å². The molecule has 0 spiro atoms. The van der Waals surface area contributed by atoms with Gasteiger partial charge in [-0.1, -0.05) is 61.2 Å². The summed E-state index contributed by atoms with van der Waals surface area (Å²) >= 11 is 0. The minimum atomic E-state index is -0.420. The van der Waals surface area contributed by atoms with Gasteiger partial charge < -0.3 is 10.1 Å². The van der Waals surface area contributed by atoms with Crippen molar-refractivity contribution in [3.8, 4) is 0 Å². The van der Waals surface area contributed by atoms with E-state index in [0.717, 1.165) is 22.0 Å². The van der Waals surface area contributed by atoms with Crippen molar-refractivity contribution in [1.82, 2.24) is 0 Å². The highest BCUT2D eigenvalue weighted by Crippen LogP contribution is 2.29. The molecule has 0 saturated heterocycles. The summed E-state index contributed by atoms with van der Waals surface area (Å²) in [5.74, 6) is -0.420. The molecule has 3 aromatic carbocycles. The third-order valence-electron chi connectivity index (χ3n) is 3.99. The highest BCUT2D eigenvalue weighted by Gasteiger charge is 2.21. The van der Waals surface area contributed by atoms with E-state index in [1.165, 1.54) is 7.11 Å². The Morgan fingerprint density at radius 2 is 1.62 bits per heavy atom. The molecular formula is C21H19NO2. The van der Waals surface area contributed by atoms with Crippen LogP contribution in [0.3, 0.4) is 0 Å². The van der Waals surface area contributed by atoms with Gasteiger partial charge in [0.15, 0.2) is 0 Å². The van der Waals surface area contributed by atoms with Gasteiger partial charge in [0.25, 0.3) is 0 Å². The van der Waals surface area contributed by atoms with Crippen LogP contribution in [0.15, 0.2) is 84.9 Å². The fraction of sp³-hybridized carbons (Fsp3) is 0.0952. The molecule has 1 N–H and O–H groups in total. The maximum absolute atomic E-state index is 12.0. The van der Waals surface area contributed by atoms with Gasteiger partial charge in [0.05, 0.1) is 18.7 Å². The fourth-order valence-corrected chi connectivity index (χ4v) is 2.71. The van der Waals surface area contributed by atoms with Gasteiger partial charge in [-0.3, -0.25) is 0 Å². The number of hydrogen-bond donors (Lipinski definition) is 1. The van der Waals surface area contributed by atoms with Crippen molar-refractivity contribution in [2.45, 2.75) is 6.04 Å². The van der Waals surface area contributed by atoms with Crippen molar-refractivity contribution >= 4 is 22.4 Å². The Labute approximate surface area is 141 Å². The van der Waals surface area contributed by atoms with Crippen LogP contribution in [0.2, 0.25) is 0 Å². The van der Waals surface area contributed by atoms with Crippen LogP contribution in [-0.4, -0.2) is 13.1 Å². The first-order valence-corrected chi connectivity index (χ1v) is 7.76. The number of ether oxygens (including phenoxy) is 1. The summed E-state index contributed by atoms with van der Waals surface area (Å²) in [4.78, 5) is 12.0. The molecule has 3 nitrogen and oxygen atoms in total. The van der Waals surface area contributed by atoms with Crippen LogP contribution in [-0.2, 0) is 9.53 Å². The number of carbonyl (C=O) groups is 1. The lowest BCUT2D eigenvalue weighted by atomic mass is 9.96. The van der Waals surface area contributed by atoms with E-state index in [0.29, 0.717) is 5.57 Å². The SMILES string of the molecule is C=C(C(=O)OC)[C@H](Nc1ccccc1)c1ccc2ccccc2c1. The first-order valence-electron chi connectivity index (χ1n) is 7.76. The molecule has 0 saturated carbocycles. The third-order valence-corrected chi connectivity index (χ3v) is 3.99. The fourth-order valence-electron chi connectivity index (χ4n) is 2.71. The number of benzene rings is 3. The van der Waals surface area contributed by atoms with Crippen molar-refractivity contribution in [1.29, 1.82) is 0 Å². The number of esters is 1. The largest absolute Gasteiger partial charge is 0.466 e. The Morgan fingerprint density at radius 1 is 0.958 bits per heavy atom. The molecule has 0 aliphatic carbocycles. The number of anilines is 1. The first kappa shape index (κ1) is 15.8. The van der Waals surface area contributed by atoms with Gasteiger partial charge in [0.2, 0.25) is 0 Å². The van der Waals surface area contributed by atoms with Gasteiger partial charge in [-0.15, -0.1) is 0 Å². The number of hydrogen-bond acceptors (Lipinski definition) is 3. The van der Waals surface area contributed by atoms with E-state index in [9.17, 15) is 4.79 Å². The minimum absolute atomic E-state index is 0.357. The van der Waals surface area contributed by atoms with Gasteiger partial charge in [0, 0.05) is 5.69 Å². The van der Waals surface area contributed by atoms with Crippen LogP contribution in [0.25, 0.3) is 10.8 Å². The maximum Gasteiger partial charge on any atom is 0.335 e. The molecule has 1 atom stereocenters. The zero-order valence-corrected chi connectivity index (χ0v) is 13.5. The van der Waals surface area contributed by atoms with E-state index in [4.69, 9.17) is 4.74 Å². The third kappa shape index (κ3) is 3.30. The molecule has 0 heterocycles. The van der Waals surface area contributed by atoms with Gasteiger partial charge >= 0.3 is 5.97 Å². The summed E-state index contributed by atoms with van der Waals surface area (Å²) in [5.41, 5.74) is 2.25. The average Bonchev–Trinajstić information content (AvgIpc) is 2.65. The van der Waals surface area contributed by atoms with Crippen LogP contribution < -0.4 is 5.32 Å². The number of carbonyl (C=O) groups excluding carboxylic acids is 1. The standard InChI is InChI=1S/C21H19NO2/c1-15(21(23)24-2)20(22-19-10-4-3-5-11-19)18-13-12-16-8-6-7-9-17(16)14-18/h3-14,20,22H,1H2,2H3/t20-/m0/s1. The number of nitrogens with one attached hydrogen (secondary N) is 1. The highest BCUT2D eigenvalue weighted by molar-refractivity contribution is 5.91. The van der Waals surface area contributed by atoms with Crippen LogP contribution >= 0.6 is 0 Å². The van der Waals surface area contributed by atoms with E-state index >= 15 is 0 Å². The lowest BCUT2D eigenvalue weighted by Gasteiger charge is -2.22. The van der Waals surface area contributed by atoms with Crippen molar-refractivity contribution in [2.75, 3.05) is 12.4 Å². The minimum Gasteiger partial charge on any atom is -0.466 e. The number of rotatable bonds is 5. The second-order valence-electron chi connectivity index (χ2n) is 5.57. The van der Waals surface area contributed by atoms with Crippen LogP contribution in [0.5, 0.6) is 0 Å². The van der Waals surface area contributed by atoms with E-state index in [2.05, 4.69) is 36.2 Å². The Hall–Kier alpha value is -3.07. The molecule has 0 fully saturated rings. The molecule has 3 heteroatoms. The molecule has 3 aromatic rings. The maximum atomic E-state index is 12.0. The number of para-hydroxylation sites is 1. The van der Waals surface area contributed by atoms with E-state index < -0.39 is 5.97 Å². The van der Waals surface area contributed by atoms with Crippen LogP contribution in [0.1, 0.15) is 11.6 Å². The average molecular weight is 317 g/mol. The molecule has 0 aromatic heterocycles. The highest BCUT2D eigenvalue weighted by atomic mass is 16.5. The molecule has 0 aliphatic heterocycles. The molecule has 3 rings (SSSR count). The van der Waals surface area contributed by atoms with Crippen molar-refractivity contribution in [3.05, 3.63) is 90.5 Å². The Kier molecular flexibility index (Phi) is 4.62. The second kappa shape index (κ2) is 7.01. The summed E-state index contributed by atoms with van der Waals surface area (Å²) in [7, 11) is 1.37. The smallest absolute Gasteiger partial charge is 0.335 e. The molecule has 0 bridgehead atoms. The Morgan fingerprint density at radius 3 is 2.33 bits per heavy atom. The molecule has 120 valence electrons. The summed E-state index contributed by atoms with van der Waals surface area (Å²) < 4.78 is 4.86. The monoisotopic (exact) mass is 317 g/mol. The quantitative estimate of drug-likeness (QED) is 0.546. The molecule has 0 amide bonds. The van der Waals surface area contributed by atoms with Crippen molar-refractivity contribution < 1.29 is 9.53 Å². The molecule has 0 aliphatic rings. The zero-order chi connectivity index (χ0) is 16.9. The predicted molar refractivity (Wildman–Crippen MR) is 97.9 cm³/mol. The van der Waals surface area contributed by atoms with E-state index in [1.54, 1.807) is 0 Å². The van der Waals surface area contributed by atoms with E-state index in [1.807, 2.05) is 48.5 Å². The normalized spacial score (nSPS) is 11.7. The first-order chi connectivity index (χ1) is 11.7. The van der Waals surface area contributed by atoms with Gasteiger partial charge in [-0.05, 0) is 34.5 Å². The lowest BCUT2D eigenvalue weighted by Crippen LogP contribution is -2.19. The summed E-state index contributed by atoms with van der Waals surface area (Å²) in [6.07, 6.45) is 0. The molecule has 24 heavy (non-hydrogen) atoms. The second-order valence-corrected chi connectivity index (χ2v) is 5.57. The predicted octanol–water partition coefficient (Wildman–Crippen LogP) is 4.72. The zero-order valence-electron chi connectivity index (χ0n) is 13.5. The topological polar surface area (TPSA) is 38.3 Å². The van der Waals surface area contributed by atoms with Crippen molar-refractivity contribution in [3.63, 3.8) is 0 Å². The van der Waals surface area contributed by atoms with Gasteiger partial charge in [0.1, 0.15) is 0 Å². The number of methoxy groups -OCH3 is 1. The van der Waals surface area contributed by atoms with E-state index in [-0.39, 0.29) is 6.04 Å². The molecular weight excluding hydrogens is 298 g/mol. The van der Waals surface area contributed by atoms with Crippen LogP contribution in [0, 0.1) is 0 Å². The Bertz CT molecular complexity index is 871. The summed E-state index contributed by atoms with van der Waals surface area (Å²) in [5, 5.41) is 5.65. The summed E-state index contributed by atoms with van der Waals surface area (Å²) in [6, 6.07) is 23.7. The van der Waals surface area contributed by atoms with Gasteiger partial charge in [-0.25, -0.2) is 4.79 Å². The van der Waals surface area contributed by atoms with Crippen LogP contribution in [0.4, 0.5) is 5.69 Å². The number of fused-ring (bicyclic) bond motifs is 1.